The topological polar surface area (TPSA) is 51.8 Å². The number of nitrogen functional groups attached to an aromatic ring is 1. The number of rotatable bonds is 1. The molecule has 2 heterocycles. The van der Waals surface area contributed by atoms with Crippen LogP contribution in [-0.2, 0) is 0 Å². The molecule has 14 heavy (non-hydrogen) atoms. The first-order valence-corrected chi connectivity index (χ1v) is 4.35. The number of nitrogens with zero attached hydrogens (tertiary/aromatic N) is 2. The lowest BCUT2D eigenvalue weighted by Gasteiger charge is -1.92. The third-order valence-electron chi connectivity index (χ3n) is 1.50. The Morgan fingerprint density at radius 3 is 2.29 bits per heavy atom. The van der Waals surface area contributed by atoms with Crippen molar-refractivity contribution < 1.29 is 0 Å². The van der Waals surface area contributed by atoms with Crippen molar-refractivity contribution in [3.8, 4) is 11.3 Å². The van der Waals surface area contributed by atoms with Gasteiger partial charge >= 0.3 is 0 Å². The van der Waals surface area contributed by atoms with Crippen molar-refractivity contribution >= 4 is 50.4 Å². The van der Waals surface area contributed by atoms with Crippen molar-refractivity contribution in [1.29, 1.82) is 0 Å². The molecule has 0 bridgehead atoms. The van der Waals surface area contributed by atoms with Gasteiger partial charge in [0.25, 0.3) is 0 Å². The number of aromatic nitrogens is 2. The third-order valence-corrected chi connectivity index (χ3v) is 2.17. The van der Waals surface area contributed by atoms with E-state index in [1.807, 2.05) is 17.5 Å². The molecule has 3 nitrogen and oxygen atoms in total. The highest BCUT2D eigenvalue weighted by Gasteiger charge is 1.99. The molecule has 0 atom stereocenters. The van der Waals surface area contributed by atoms with Gasteiger partial charge in [-0.25, -0.2) is 4.98 Å². The molecule has 0 saturated heterocycles. The van der Waals surface area contributed by atoms with Crippen LogP contribution in [0.4, 0.5) is 5.13 Å². The maximum absolute atomic E-state index is 5.51. The Morgan fingerprint density at radius 2 is 1.79 bits per heavy atom. The van der Waals surface area contributed by atoms with Crippen LogP contribution in [0, 0.1) is 0 Å². The molecule has 0 saturated carbocycles. The summed E-state index contributed by atoms with van der Waals surface area (Å²) >= 11 is 1.45. The quantitative estimate of drug-likeness (QED) is 0.869. The van der Waals surface area contributed by atoms with Gasteiger partial charge in [0.15, 0.2) is 5.13 Å². The van der Waals surface area contributed by atoms with Gasteiger partial charge in [0, 0.05) is 23.3 Å². The van der Waals surface area contributed by atoms with Crippen LogP contribution < -0.4 is 5.73 Å². The Labute approximate surface area is 107 Å². The molecule has 0 aliphatic heterocycles. The lowest BCUT2D eigenvalue weighted by molar-refractivity contribution is 1.31. The summed E-state index contributed by atoms with van der Waals surface area (Å²) in [5, 5.41) is 2.53. The highest BCUT2D eigenvalue weighted by molar-refractivity contribution is 8.93. The fraction of sp³-hybridized carbons (Fsp3) is 0. The molecule has 0 fully saturated rings. The molecule has 0 amide bonds. The summed E-state index contributed by atoms with van der Waals surface area (Å²) in [6.45, 7) is 0. The maximum Gasteiger partial charge on any atom is 0.180 e. The Morgan fingerprint density at radius 1 is 1.14 bits per heavy atom. The van der Waals surface area contributed by atoms with Gasteiger partial charge in [0.2, 0.25) is 0 Å². The second-order valence-electron chi connectivity index (χ2n) is 2.31. The molecule has 0 spiro atoms. The van der Waals surface area contributed by atoms with Crippen LogP contribution in [0.25, 0.3) is 11.3 Å². The highest BCUT2D eigenvalue weighted by atomic mass is 79.9. The summed E-state index contributed by atoms with van der Waals surface area (Å²) < 4.78 is 0. The zero-order chi connectivity index (χ0) is 8.39. The van der Waals surface area contributed by atoms with E-state index in [1.54, 1.807) is 12.4 Å². The van der Waals surface area contributed by atoms with Gasteiger partial charge in [0.05, 0.1) is 5.69 Å². The molecular weight excluding hydrogens is 330 g/mol. The summed E-state index contributed by atoms with van der Waals surface area (Å²) in [4.78, 5) is 8.07. The van der Waals surface area contributed by atoms with Gasteiger partial charge in [-0.15, -0.1) is 45.3 Å². The van der Waals surface area contributed by atoms with Gasteiger partial charge < -0.3 is 5.73 Å². The van der Waals surface area contributed by atoms with Gasteiger partial charge in [-0.1, -0.05) is 0 Å². The SMILES string of the molecule is Br.Br.Nc1nc(-c2ccncc2)cs1. The summed E-state index contributed by atoms with van der Waals surface area (Å²) in [7, 11) is 0. The van der Waals surface area contributed by atoms with E-state index in [0.717, 1.165) is 11.3 Å². The van der Waals surface area contributed by atoms with E-state index >= 15 is 0 Å². The second-order valence-corrected chi connectivity index (χ2v) is 3.20. The molecule has 0 unspecified atom stereocenters. The average Bonchev–Trinajstić information content (AvgIpc) is 2.54. The van der Waals surface area contributed by atoms with Crippen molar-refractivity contribution in [2.75, 3.05) is 5.73 Å². The molecule has 2 aromatic rings. The number of anilines is 1. The van der Waals surface area contributed by atoms with E-state index in [4.69, 9.17) is 5.73 Å². The molecule has 2 rings (SSSR count). The van der Waals surface area contributed by atoms with Gasteiger partial charge in [-0.2, -0.15) is 0 Å². The number of pyridine rings is 1. The largest absolute Gasteiger partial charge is 0.375 e. The van der Waals surface area contributed by atoms with Crippen molar-refractivity contribution in [3.63, 3.8) is 0 Å². The molecule has 2 N–H and O–H groups in total. The van der Waals surface area contributed by atoms with Crippen LogP contribution in [0.3, 0.4) is 0 Å². The van der Waals surface area contributed by atoms with Crippen LogP contribution in [0.1, 0.15) is 0 Å². The number of hydrogen-bond donors (Lipinski definition) is 1. The molecule has 0 aromatic carbocycles. The molecule has 0 radical (unpaired) electrons. The fourth-order valence-corrected chi connectivity index (χ4v) is 1.52. The number of nitrogens with two attached hydrogens (primary N) is 1. The summed E-state index contributed by atoms with van der Waals surface area (Å²) in [6.07, 6.45) is 3.48. The van der Waals surface area contributed by atoms with Crippen molar-refractivity contribution in [2.24, 2.45) is 0 Å². The molecule has 0 aliphatic rings. The molecule has 2 aromatic heterocycles. The highest BCUT2D eigenvalue weighted by Crippen LogP contribution is 2.21. The predicted octanol–water partition coefficient (Wildman–Crippen LogP) is 2.94. The zero-order valence-electron chi connectivity index (χ0n) is 7.08. The minimum absolute atomic E-state index is 0. The fourth-order valence-electron chi connectivity index (χ4n) is 0.943. The lowest BCUT2D eigenvalue weighted by Crippen LogP contribution is -1.82. The normalized spacial score (nSPS) is 8.57. The number of halogens is 2. The standard InChI is InChI=1S/C8H7N3S.2BrH/c9-8-11-7(5-12-8)6-1-3-10-4-2-6;;/h1-5H,(H2,9,11);2*1H. The van der Waals surface area contributed by atoms with Crippen LogP contribution in [0.5, 0.6) is 0 Å². The molecular formula is C8H9Br2N3S. The summed E-state index contributed by atoms with van der Waals surface area (Å²) in [5.41, 5.74) is 7.48. The van der Waals surface area contributed by atoms with Crippen molar-refractivity contribution in [2.45, 2.75) is 0 Å². The minimum Gasteiger partial charge on any atom is -0.375 e. The van der Waals surface area contributed by atoms with Crippen molar-refractivity contribution in [3.05, 3.63) is 29.9 Å². The first kappa shape index (κ1) is 13.5. The van der Waals surface area contributed by atoms with E-state index in [0.29, 0.717) is 5.13 Å². The Hall–Kier alpha value is -0.460. The first-order valence-electron chi connectivity index (χ1n) is 3.47. The van der Waals surface area contributed by atoms with E-state index in [-0.39, 0.29) is 34.0 Å². The smallest absolute Gasteiger partial charge is 0.180 e. The number of hydrogen-bond acceptors (Lipinski definition) is 4. The summed E-state index contributed by atoms with van der Waals surface area (Å²) in [6, 6.07) is 3.82. The number of thiazole rings is 1. The van der Waals surface area contributed by atoms with Crippen molar-refractivity contribution in [1.82, 2.24) is 9.97 Å². The van der Waals surface area contributed by atoms with Crippen LogP contribution in [0.15, 0.2) is 29.9 Å². The molecule has 0 aliphatic carbocycles. The zero-order valence-corrected chi connectivity index (χ0v) is 11.3. The maximum atomic E-state index is 5.51. The monoisotopic (exact) mass is 337 g/mol. The average molecular weight is 339 g/mol. The van der Waals surface area contributed by atoms with Crippen LogP contribution >= 0.6 is 45.3 Å². The van der Waals surface area contributed by atoms with E-state index in [9.17, 15) is 0 Å². The predicted molar refractivity (Wildman–Crippen MR) is 70.4 cm³/mol. The molecule has 76 valence electrons. The first-order chi connectivity index (χ1) is 5.86. The second kappa shape index (κ2) is 6.10. The summed E-state index contributed by atoms with van der Waals surface area (Å²) in [5.74, 6) is 0. The van der Waals surface area contributed by atoms with E-state index in [1.165, 1.54) is 11.3 Å². The molecule has 6 heteroatoms. The van der Waals surface area contributed by atoms with Gasteiger partial charge in [-0.05, 0) is 12.1 Å². The van der Waals surface area contributed by atoms with E-state index < -0.39 is 0 Å². The van der Waals surface area contributed by atoms with Crippen LogP contribution in [0.2, 0.25) is 0 Å². The van der Waals surface area contributed by atoms with Gasteiger partial charge in [-0.3, -0.25) is 4.98 Å². The Kier molecular flexibility index (Phi) is 5.90. The Balaban J connectivity index is 0.000000845. The van der Waals surface area contributed by atoms with Gasteiger partial charge in [0.1, 0.15) is 0 Å². The third kappa shape index (κ3) is 3.04. The van der Waals surface area contributed by atoms with E-state index in [2.05, 4.69) is 9.97 Å². The Bertz CT molecular complexity index is 377. The lowest BCUT2D eigenvalue weighted by atomic mass is 10.2. The minimum atomic E-state index is 0. The van der Waals surface area contributed by atoms with Crippen LogP contribution in [-0.4, -0.2) is 9.97 Å².